The molecule has 0 bridgehead atoms. The molecule has 0 aliphatic rings. The van der Waals surface area contributed by atoms with Gasteiger partial charge in [-0.2, -0.15) is 0 Å². The van der Waals surface area contributed by atoms with Crippen molar-refractivity contribution in [2.75, 3.05) is 6.61 Å². The molecule has 0 saturated carbocycles. The summed E-state index contributed by atoms with van der Waals surface area (Å²) >= 11 is 0. The number of amides is 1. The summed E-state index contributed by atoms with van der Waals surface area (Å²) in [7, 11) is 0. The van der Waals surface area contributed by atoms with Crippen LogP contribution in [0.5, 0.6) is 0 Å². The number of allylic oxidation sites excluding steroid dienone is 4. The van der Waals surface area contributed by atoms with E-state index >= 15 is 0 Å². The Bertz CT molecular complexity index is 919. The topological polar surface area (TPSA) is 95.9 Å². The van der Waals surface area contributed by atoms with Gasteiger partial charge in [0.2, 0.25) is 5.91 Å². The number of carbonyl (C=O) groups excluding carboxylic acids is 2. The Morgan fingerprint density at radius 2 is 0.828 bits per heavy atom. The summed E-state index contributed by atoms with van der Waals surface area (Å²) in [5, 5.41) is 23.7. The first-order valence-electron chi connectivity index (χ1n) is 25.6. The number of rotatable bonds is 46. The van der Waals surface area contributed by atoms with Gasteiger partial charge >= 0.3 is 5.97 Å². The van der Waals surface area contributed by atoms with E-state index in [4.69, 9.17) is 4.74 Å². The van der Waals surface area contributed by atoms with E-state index in [-0.39, 0.29) is 24.9 Å². The van der Waals surface area contributed by atoms with E-state index in [1.165, 1.54) is 161 Å². The summed E-state index contributed by atoms with van der Waals surface area (Å²) in [6, 6.07) is -0.703. The van der Waals surface area contributed by atoms with Crippen LogP contribution in [0.25, 0.3) is 0 Å². The third-order valence-electron chi connectivity index (χ3n) is 11.8. The second-order valence-electron chi connectivity index (χ2n) is 17.6. The third-order valence-corrected chi connectivity index (χ3v) is 11.8. The molecule has 6 nitrogen and oxygen atoms in total. The zero-order chi connectivity index (χ0) is 42.4. The van der Waals surface area contributed by atoms with E-state index in [0.717, 1.165) is 64.2 Å². The van der Waals surface area contributed by atoms with Crippen LogP contribution in [0.15, 0.2) is 24.3 Å². The average Bonchev–Trinajstić information content (AvgIpc) is 3.22. The molecule has 0 aromatic rings. The van der Waals surface area contributed by atoms with Crippen LogP contribution in [0.2, 0.25) is 0 Å². The molecule has 1 amide bonds. The molecule has 6 heteroatoms. The molecule has 0 aliphatic carbocycles. The monoisotopic (exact) mass is 818 g/mol. The van der Waals surface area contributed by atoms with Crippen molar-refractivity contribution in [3.8, 4) is 0 Å². The molecule has 0 saturated heterocycles. The van der Waals surface area contributed by atoms with Crippen molar-refractivity contribution in [3.63, 3.8) is 0 Å². The summed E-state index contributed by atoms with van der Waals surface area (Å²) in [4.78, 5) is 26.1. The van der Waals surface area contributed by atoms with E-state index in [1.54, 1.807) is 0 Å². The number of ether oxygens (including phenoxy) is 1. The second-order valence-corrected chi connectivity index (χ2v) is 17.6. The van der Waals surface area contributed by atoms with Gasteiger partial charge in [-0.15, -0.1) is 0 Å². The predicted octanol–water partition coefficient (Wildman–Crippen LogP) is 15.1. The molecule has 3 atom stereocenters. The molecule has 0 aromatic carbocycles. The van der Waals surface area contributed by atoms with Crippen LogP contribution in [-0.4, -0.2) is 46.9 Å². The van der Waals surface area contributed by atoms with Crippen molar-refractivity contribution in [1.82, 2.24) is 5.32 Å². The van der Waals surface area contributed by atoms with E-state index in [0.29, 0.717) is 19.3 Å². The van der Waals surface area contributed by atoms with Crippen LogP contribution in [0.1, 0.15) is 271 Å². The number of nitrogens with one attached hydrogen (secondary N) is 1. The Hall–Kier alpha value is -1.66. The molecule has 0 spiro atoms. The quantitative estimate of drug-likeness (QED) is 0.0323. The molecular weight excluding hydrogens is 719 g/mol. The minimum Gasteiger partial charge on any atom is -0.462 e. The number of hydrogen-bond donors (Lipinski definition) is 3. The number of carbonyl (C=O) groups is 2. The number of aliphatic hydroxyl groups is 2. The van der Waals surface area contributed by atoms with Crippen LogP contribution in [0.3, 0.4) is 0 Å². The fourth-order valence-corrected chi connectivity index (χ4v) is 7.83. The van der Waals surface area contributed by atoms with Gasteiger partial charge in [-0.05, 0) is 77.0 Å². The summed E-state index contributed by atoms with van der Waals surface area (Å²) in [5.41, 5.74) is 0. The van der Waals surface area contributed by atoms with Gasteiger partial charge in [-0.1, -0.05) is 206 Å². The number of hydrogen-bond acceptors (Lipinski definition) is 5. The van der Waals surface area contributed by atoms with Crippen LogP contribution in [0.4, 0.5) is 0 Å². The molecule has 0 aromatic heterocycles. The first-order chi connectivity index (χ1) is 28.5. The van der Waals surface area contributed by atoms with Crippen LogP contribution < -0.4 is 5.32 Å². The molecule has 58 heavy (non-hydrogen) atoms. The SMILES string of the molecule is CCCCC/C=C\CCCCCCCC(=O)OC(CCCCC/C=C/CCCCCCCCC)CC(=O)NC(CO)C(O)CCCCCCCCCCCCCCC. The minimum atomic E-state index is -0.789. The van der Waals surface area contributed by atoms with Gasteiger partial charge in [0.25, 0.3) is 0 Å². The molecule has 0 heterocycles. The highest BCUT2D eigenvalue weighted by Crippen LogP contribution is 2.18. The van der Waals surface area contributed by atoms with Crippen LogP contribution in [-0.2, 0) is 14.3 Å². The summed E-state index contributed by atoms with van der Waals surface area (Å²) < 4.78 is 5.92. The Morgan fingerprint density at radius 3 is 1.28 bits per heavy atom. The van der Waals surface area contributed by atoms with Crippen molar-refractivity contribution in [2.45, 2.75) is 289 Å². The van der Waals surface area contributed by atoms with E-state index < -0.39 is 18.2 Å². The first-order valence-corrected chi connectivity index (χ1v) is 25.6. The van der Waals surface area contributed by atoms with Gasteiger partial charge < -0.3 is 20.3 Å². The maximum absolute atomic E-state index is 13.2. The molecule has 342 valence electrons. The third kappa shape index (κ3) is 41.1. The normalized spacial score (nSPS) is 13.4. The summed E-state index contributed by atoms with van der Waals surface area (Å²) in [6.45, 7) is 6.46. The van der Waals surface area contributed by atoms with Gasteiger partial charge in [0, 0.05) is 6.42 Å². The lowest BCUT2D eigenvalue weighted by molar-refractivity contribution is -0.151. The molecule has 3 N–H and O–H groups in total. The number of aliphatic hydroxyl groups excluding tert-OH is 2. The smallest absolute Gasteiger partial charge is 0.306 e. The van der Waals surface area contributed by atoms with Crippen LogP contribution >= 0.6 is 0 Å². The summed E-state index contributed by atoms with van der Waals surface area (Å²) in [5.74, 6) is -0.490. The maximum atomic E-state index is 13.2. The van der Waals surface area contributed by atoms with Crippen molar-refractivity contribution in [3.05, 3.63) is 24.3 Å². The van der Waals surface area contributed by atoms with Crippen molar-refractivity contribution < 1.29 is 24.5 Å². The predicted molar refractivity (Wildman–Crippen MR) is 250 cm³/mol. The van der Waals surface area contributed by atoms with Gasteiger partial charge in [-0.3, -0.25) is 9.59 Å². The lowest BCUT2D eigenvalue weighted by Gasteiger charge is -2.24. The number of unbranched alkanes of at least 4 members (excludes halogenated alkanes) is 30. The highest BCUT2D eigenvalue weighted by atomic mass is 16.5. The molecule has 0 aliphatic heterocycles. The van der Waals surface area contributed by atoms with Crippen LogP contribution in [0, 0.1) is 0 Å². The van der Waals surface area contributed by atoms with E-state index in [1.807, 2.05) is 0 Å². The standard InChI is InChI=1S/C52H99NO5/c1-4-7-10-13-16-19-22-25-27-28-31-34-37-40-43-48(58-52(57)45-42-39-36-33-30-24-21-18-15-12-9-6-3)46-51(56)53-49(47-54)50(55)44-41-38-35-32-29-26-23-20-17-14-11-8-5-2/h18,21,27-28,48-50,54-55H,4-17,19-20,22-26,29-47H2,1-3H3,(H,53,56)/b21-18-,28-27+. The first kappa shape index (κ1) is 56.3. The maximum Gasteiger partial charge on any atom is 0.306 e. The molecule has 0 radical (unpaired) electrons. The Morgan fingerprint density at radius 1 is 0.483 bits per heavy atom. The van der Waals surface area contributed by atoms with Crippen molar-refractivity contribution in [2.24, 2.45) is 0 Å². The molecule has 0 fully saturated rings. The molecule has 3 unspecified atom stereocenters. The van der Waals surface area contributed by atoms with Crippen molar-refractivity contribution >= 4 is 11.9 Å². The fraction of sp³-hybridized carbons (Fsp3) is 0.885. The Labute approximate surface area is 361 Å². The van der Waals surface area contributed by atoms with Gasteiger partial charge in [0.15, 0.2) is 0 Å². The van der Waals surface area contributed by atoms with E-state index in [2.05, 4.69) is 50.4 Å². The highest BCUT2D eigenvalue weighted by molar-refractivity contribution is 5.77. The van der Waals surface area contributed by atoms with Gasteiger partial charge in [0.1, 0.15) is 6.10 Å². The van der Waals surface area contributed by atoms with Gasteiger partial charge in [0.05, 0.1) is 25.2 Å². The Kier molecular flexibility index (Phi) is 45.1. The highest BCUT2D eigenvalue weighted by Gasteiger charge is 2.24. The minimum absolute atomic E-state index is 0.0675. The molecule has 0 rings (SSSR count). The largest absolute Gasteiger partial charge is 0.462 e. The van der Waals surface area contributed by atoms with Gasteiger partial charge in [-0.25, -0.2) is 0 Å². The molecular formula is C52H99NO5. The lowest BCUT2D eigenvalue weighted by Crippen LogP contribution is -2.46. The van der Waals surface area contributed by atoms with Crippen molar-refractivity contribution in [1.29, 1.82) is 0 Å². The average molecular weight is 818 g/mol. The second kappa shape index (κ2) is 46.4. The zero-order valence-corrected chi connectivity index (χ0v) is 38.9. The number of esters is 1. The fourth-order valence-electron chi connectivity index (χ4n) is 7.83. The summed E-state index contributed by atoms with van der Waals surface area (Å²) in [6.07, 6.45) is 52.3. The zero-order valence-electron chi connectivity index (χ0n) is 38.9. The lowest BCUT2D eigenvalue weighted by atomic mass is 10.0. The Balaban J connectivity index is 4.59. The van der Waals surface area contributed by atoms with E-state index in [9.17, 15) is 19.8 Å².